The lowest BCUT2D eigenvalue weighted by molar-refractivity contribution is -0.156. The summed E-state index contributed by atoms with van der Waals surface area (Å²) in [6.07, 6.45) is 2.81. The highest BCUT2D eigenvalue weighted by molar-refractivity contribution is 8.00. The van der Waals surface area contributed by atoms with Crippen LogP contribution in [-0.2, 0) is 24.0 Å². The number of esters is 1. The monoisotopic (exact) mass is 403 g/mol. The number of carbonyl (C=O) groups is 4. The largest absolute Gasteiger partial charge is 0.454 e. The van der Waals surface area contributed by atoms with Crippen LogP contribution in [0, 0.1) is 0 Å². The van der Waals surface area contributed by atoms with Crippen molar-refractivity contribution in [3.8, 4) is 0 Å². The lowest BCUT2D eigenvalue weighted by atomic mass is 10.0. The third kappa shape index (κ3) is 3.58. The Balaban J connectivity index is 1.37. The number of benzene rings is 1. The topological polar surface area (TPSA) is 105 Å². The summed E-state index contributed by atoms with van der Waals surface area (Å²) < 4.78 is 5.11. The maximum Gasteiger partial charge on any atom is 0.330 e. The third-order valence-electron chi connectivity index (χ3n) is 5.14. The molecule has 1 aromatic carbocycles. The smallest absolute Gasteiger partial charge is 0.330 e. The minimum Gasteiger partial charge on any atom is -0.454 e. The summed E-state index contributed by atoms with van der Waals surface area (Å²) in [6, 6.07) is 8.44. The number of thioether (sulfide) groups is 1. The molecule has 4 rings (SSSR count). The number of fused-ring (bicyclic) bond motifs is 1. The summed E-state index contributed by atoms with van der Waals surface area (Å²) >= 11 is 1.55. The molecule has 0 unspecified atom stereocenters. The van der Waals surface area contributed by atoms with Gasteiger partial charge in [-0.3, -0.25) is 14.9 Å². The van der Waals surface area contributed by atoms with Crippen LogP contribution in [0.1, 0.15) is 31.2 Å². The van der Waals surface area contributed by atoms with Crippen molar-refractivity contribution >= 4 is 35.6 Å². The van der Waals surface area contributed by atoms with Crippen LogP contribution in [0.15, 0.2) is 30.3 Å². The third-order valence-corrected chi connectivity index (χ3v) is 6.73. The van der Waals surface area contributed by atoms with Crippen molar-refractivity contribution in [3.63, 3.8) is 0 Å². The van der Waals surface area contributed by atoms with E-state index in [1.54, 1.807) is 16.7 Å². The fourth-order valence-electron chi connectivity index (χ4n) is 3.66. The van der Waals surface area contributed by atoms with Crippen LogP contribution in [0.5, 0.6) is 0 Å². The van der Waals surface area contributed by atoms with Gasteiger partial charge in [-0.1, -0.05) is 30.3 Å². The minimum atomic E-state index is -0.742. The van der Waals surface area contributed by atoms with Crippen molar-refractivity contribution in [2.24, 2.45) is 0 Å². The van der Waals surface area contributed by atoms with Crippen LogP contribution in [-0.4, -0.2) is 53.2 Å². The van der Waals surface area contributed by atoms with Crippen LogP contribution < -0.4 is 10.6 Å². The lowest BCUT2D eigenvalue weighted by Gasteiger charge is -2.33. The molecule has 2 saturated heterocycles. The molecule has 0 bridgehead atoms. The van der Waals surface area contributed by atoms with Crippen molar-refractivity contribution in [2.45, 2.75) is 42.6 Å². The molecule has 0 radical (unpaired) electrons. The van der Waals surface area contributed by atoms with Gasteiger partial charge < -0.3 is 15.0 Å². The highest BCUT2D eigenvalue weighted by Gasteiger charge is 2.57. The van der Waals surface area contributed by atoms with Crippen molar-refractivity contribution in [3.05, 3.63) is 35.9 Å². The maximum atomic E-state index is 12.6. The lowest BCUT2D eigenvalue weighted by Crippen LogP contribution is -2.47. The van der Waals surface area contributed by atoms with Crippen molar-refractivity contribution in [1.82, 2.24) is 15.5 Å². The highest BCUT2D eigenvalue weighted by atomic mass is 32.2. The van der Waals surface area contributed by atoms with Crippen LogP contribution in [0.25, 0.3) is 0 Å². The normalized spacial score (nSPS) is 25.9. The molecule has 148 valence electrons. The number of imide groups is 1. The number of nitrogens with zero attached hydrogens (tertiary/aromatic N) is 1. The summed E-state index contributed by atoms with van der Waals surface area (Å²) in [5.41, 5.74) is 0.982. The molecule has 2 aliphatic heterocycles. The molecule has 1 aliphatic carbocycles. The zero-order valence-electron chi connectivity index (χ0n) is 15.2. The Bertz CT molecular complexity index is 813. The SMILES string of the molecule is O=C(COC(=O)[C@H]1CS[C@@]2(c3ccccc3)CCC(=O)N12)NC(=O)NC1CC1. The van der Waals surface area contributed by atoms with E-state index in [9.17, 15) is 19.2 Å². The van der Waals surface area contributed by atoms with Gasteiger partial charge in [0, 0.05) is 18.2 Å². The summed E-state index contributed by atoms with van der Waals surface area (Å²) in [5, 5.41) is 4.75. The van der Waals surface area contributed by atoms with Gasteiger partial charge in [-0.2, -0.15) is 0 Å². The van der Waals surface area contributed by atoms with Gasteiger partial charge in [0.2, 0.25) is 5.91 Å². The van der Waals surface area contributed by atoms with Gasteiger partial charge in [-0.05, 0) is 24.8 Å². The van der Waals surface area contributed by atoms with E-state index in [-0.39, 0.29) is 11.9 Å². The van der Waals surface area contributed by atoms with E-state index in [2.05, 4.69) is 10.6 Å². The second-order valence-electron chi connectivity index (χ2n) is 7.14. The molecule has 2 atom stereocenters. The average molecular weight is 403 g/mol. The molecule has 9 heteroatoms. The fraction of sp³-hybridized carbons (Fsp3) is 0.474. The van der Waals surface area contributed by atoms with Crippen molar-refractivity contribution < 1.29 is 23.9 Å². The molecule has 1 saturated carbocycles. The van der Waals surface area contributed by atoms with E-state index in [1.165, 1.54) is 0 Å². The van der Waals surface area contributed by atoms with Gasteiger partial charge in [0.1, 0.15) is 10.9 Å². The standard InChI is InChI=1S/C19H21N3O5S/c23-15(21-18(26)20-13-6-7-13)10-27-17(25)14-11-28-19(9-8-16(24)22(14)19)12-4-2-1-3-5-12/h1-5,13-14H,6-11H2,(H2,20,21,23,26)/t14-,19-/m1/s1. The fourth-order valence-corrected chi connectivity index (χ4v) is 5.30. The molecular weight excluding hydrogens is 382 g/mol. The van der Waals surface area contributed by atoms with Gasteiger partial charge in [-0.25, -0.2) is 9.59 Å². The second kappa shape index (κ2) is 7.46. The molecule has 2 heterocycles. The summed E-state index contributed by atoms with van der Waals surface area (Å²) in [5.74, 6) is -1.01. The number of rotatable bonds is 5. The summed E-state index contributed by atoms with van der Waals surface area (Å²) in [7, 11) is 0. The van der Waals surface area contributed by atoms with Crippen LogP contribution in [0.4, 0.5) is 4.79 Å². The zero-order chi connectivity index (χ0) is 19.7. The van der Waals surface area contributed by atoms with Gasteiger partial charge in [0.05, 0.1) is 0 Å². The van der Waals surface area contributed by atoms with E-state index < -0.39 is 35.4 Å². The Morgan fingerprint density at radius 2 is 1.96 bits per heavy atom. The van der Waals surface area contributed by atoms with Crippen LogP contribution in [0.3, 0.4) is 0 Å². The Hall–Kier alpha value is -2.55. The first kappa shape index (κ1) is 18.8. The van der Waals surface area contributed by atoms with E-state index in [0.717, 1.165) is 18.4 Å². The number of urea groups is 1. The maximum absolute atomic E-state index is 12.6. The molecule has 0 spiro atoms. The zero-order valence-corrected chi connectivity index (χ0v) is 16.0. The van der Waals surface area contributed by atoms with Crippen molar-refractivity contribution in [1.29, 1.82) is 0 Å². The van der Waals surface area contributed by atoms with E-state index in [1.807, 2.05) is 30.3 Å². The van der Waals surface area contributed by atoms with Crippen molar-refractivity contribution in [2.75, 3.05) is 12.4 Å². The van der Waals surface area contributed by atoms with E-state index in [4.69, 9.17) is 4.74 Å². The molecule has 3 fully saturated rings. The number of hydrogen-bond acceptors (Lipinski definition) is 6. The Kier molecular flexibility index (Phi) is 5.01. The Morgan fingerprint density at radius 1 is 1.21 bits per heavy atom. The molecule has 3 aliphatic rings. The van der Waals surface area contributed by atoms with Crippen LogP contribution >= 0.6 is 11.8 Å². The van der Waals surface area contributed by atoms with Gasteiger partial charge >= 0.3 is 12.0 Å². The Labute approximate surface area is 166 Å². The van der Waals surface area contributed by atoms with Crippen LogP contribution in [0.2, 0.25) is 0 Å². The average Bonchev–Trinajstić information content (AvgIpc) is 3.31. The first-order chi connectivity index (χ1) is 13.5. The predicted molar refractivity (Wildman–Crippen MR) is 101 cm³/mol. The number of nitrogens with one attached hydrogen (secondary N) is 2. The first-order valence-corrected chi connectivity index (χ1v) is 10.3. The summed E-state index contributed by atoms with van der Waals surface area (Å²) in [4.78, 5) is 49.5. The van der Waals surface area contributed by atoms with E-state index >= 15 is 0 Å². The van der Waals surface area contributed by atoms with Gasteiger partial charge in [-0.15, -0.1) is 11.8 Å². The Morgan fingerprint density at radius 3 is 2.68 bits per heavy atom. The predicted octanol–water partition coefficient (Wildman–Crippen LogP) is 1.11. The molecule has 4 amide bonds. The number of amides is 4. The van der Waals surface area contributed by atoms with Gasteiger partial charge in [0.25, 0.3) is 5.91 Å². The summed E-state index contributed by atoms with van der Waals surface area (Å²) in [6.45, 7) is -0.557. The van der Waals surface area contributed by atoms with E-state index in [0.29, 0.717) is 18.6 Å². The van der Waals surface area contributed by atoms with Gasteiger partial charge in [0.15, 0.2) is 6.61 Å². The second-order valence-corrected chi connectivity index (χ2v) is 8.44. The number of carbonyl (C=O) groups excluding carboxylic acids is 4. The molecular formula is C19H21N3O5S. The molecule has 0 aromatic heterocycles. The minimum absolute atomic E-state index is 0.0935. The molecule has 1 aromatic rings. The molecule has 28 heavy (non-hydrogen) atoms. The quantitative estimate of drug-likeness (QED) is 0.714. The molecule has 8 nitrogen and oxygen atoms in total. The number of ether oxygens (including phenoxy) is 1. The number of hydrogen-bond donors (Lipinski definition) is 2. The highest BCUT2D eigenvalue weighted by Crippen LogP contribution is 2.54. The first-order valence-electron chi connectivity index (χ1n) is 9.28. The molecule has 2 N–H and O–H groups in total.